The molecule has 2 N–H and O–H groups in total. The van der Waals surface area contributed by atoms with Gasteiger partial charge in [0.15, 0.2) is 0 Å². The van der Waals surface area contributed by atoms with Crippen LogP contribution in [0, 0.1) is 5.41 Å². The molecule has 100 valence electrons. The van der Waals surface area contributed by atoms with Crippen LogP contribution in [0.1, 0.15) is 27.2 Å². The van der Waals surface area contributed by atoms with Crippen molar-refractivity contribution >= 4 is 11.5 Å². The molecule has 1 heterocycles. The molecule has 2 rings (SSSR count). The van der Waals surface area contributed by atoms with Gasteiger partial charge in [0.1, 0.15) is 5.82 Å². The van der Waals surface area contributed by atoms with E-state index in [2.05, 4.69) is 42.5 Å². The number of anilines is 2. The Bertz CT molecular complexity index is 406. The molecular weight excluding hydrogens is 226 g/mol. The van der Waals surface area contributed by atoms with Crippen molar-refractivity contribution in [2.24, 2.45) is 5.41 Å². The Morgan fingerprint density at radius 3 is 2.89 bits per heavy atom. The van der Waals surface area contributed by atoms with Crippen LogP contribution in [0.25, 0.3) is 0 Å². The zero-order chi connectivity index (χ0) is 13.2. The van der Waals surface area contributed by atoms with Gasteiger partial charge in [-0.3, -0.25) is 0 Å². The van der Waals surface area contributed by atoms with Crippen LogP contribution < -0.4 is 10.6 Å². The fraction of sp³-hybridized carbons (Fsp3) is 0.643. The molecule has 1 fully saturated rings. The largest absolute Gasteiger partial charge is 0.381 e. The average Bonchev–Trinajstić information content (AvgIpc) is 2.35. The fourth-order valence-electron chi connectivity index (χ4n) is 2.53. The van der Waals surface area contributed by atoms with Gasteiger partial charge in [0, 0.05) is 43.1 Å². The predicted molar refractivity (Wildman–Crippen MR) is 75.0 cm³/mol. The highest BCUT2D eigenvalue weighted by Crippen LogP contribution is 2.44. The Morgan fingerprint density at radius 2 is 2.28 bits per heavy atom. The van der Waals surface area contributed by atoms with Crippen molar-refractivity contribution in [3.8, 4) is 0 Å². The van der Waals surface area contributed by atoms with Gasteiger partial charge in [-0.1, -0.05) is 13.8 Å². The van der Waals surface area contributed by atoms with Crippen LogP contribution in [0.5, 0.6) is 0 Å². The van der Waals surface area contributed by atoms with Crippen molar-refractivity contribution in [3.05, 3.63) is 18.3 Å². The molecule has 2 unspecified atom stereocenters. The second-order valence-corrected chi connectivity index (χ2v) is 5.44. The number of nitrogens with one attached hydrogen (secondary N) is 2. The molecule has 4 nitrogen and oxygen atoms in total. The molecule has 0 bridgehead atoms. The van der Waals surface area contributed by atoms with Crippen LogP contribution in [-0.2, 0) is 4.74 Å². The number of methoxy groups -OCH3 is 1. The SMILES string of the molecule is CCNc1cc(NC2CC(OC)C2(C)C)ccn1. The third-order valence-electron chi connectivity index (χ3n) is 3.92. The van der Waals surface area contributed by atoms with Crippen molar-refractivity contribution in [1.29, 1.82) is 0 Å². The van der Waals surface area contributed by atoms with Crippen molar-refractivity contribution in [2.45, 2.75) is 39.3 Å². The molecule has 18 heavy (non-hydrogen) atoms. The third kappa shape index (κ3) is 2.43. The first-order valence-corrected chi connectivity index (χ1v) is 6.57. The van der Waals surface area contributed by atoms with Crippen molar-refractivity contribution < 1.29 is 4.74 Å². The zero-order valence-electron chi connectivity index (χ0n) is 11.7. The van der Waals surface area contributed by atoms with Crippen LogP contribution in [-0.4, -0.2) is 30.8 Å². The lowest BCUT2D eigenvalue weighted by Crippen LogP contribution is -2.57. The Labute approximate surface area is 109 Å². The highest BCUT2D eigenvalue weighted by molar-refractivity contribution is 5.53. The molecule has 1 aliphatic rings. The lowest BCUT2D eigenvalue weighted by atomic mass is 9.64. The smallest absolute Gasteiger partial charge is 0.127 e. The molecular formula is C14H23N3O. The molecule has 4 heteroatoms. The lowest BCUT2D eigenvalue weighted by Gasteiger charge is -2.51. The first-order chi connectivity index (χ1) is 8.57. The molecule has 2 atom stereocenters. The van der Waals surface area contributed by atoms with Gasteiger partial charge in [0.05, 0.1) is 6.10 Å². The summed E-state index contributed by atoms with van der Waals surface area (Å²) in [5.41, 5.74) is 1.30. The molecule has 0 spiro atoms. The van der Waals surface area contributed by atoms with E-state index in [1.54, 1.807) is 7.11 Å². The number of hydrogen-bond donors (Lipinski definition) is 2. The van der Waals surface area contributed by atoms with Crippen LogP contribution in [0.3, 0.4) is 0 Å². The summed E-state index contributed by atoms with van der Waals surface area (Å²) in [6.45, 7) is 7.45. The number of rotatable bonds is 5. The topological polar surface area (TPSA) is 46.2 Å². The third-order valence-corrected chi connectivity index (χ3v) is 3.92. The van der Waals surface area contributed by atoms with Gasteiger partial charge in [0.2, 0.25) is 0 Å². The first kappa shape index (κ1) is 13.1. The monoisotopic (exact) mass is 249 g/mol. The Balaban J connectivity index is 2.00. The molecule has 0 radical (unpaired) electrons. The van der Waals surface area contributed by atoms with Crippen molar-refractivity contribution in [1.82, 2.24) is 4.98 Å². The molecule has 1 aliphatic carbocycles. The number of ether oxygens (including phenoxy) is 1. The number of pyridine rings is 1. The first-order valence-electron chi connectivity index (χ1n) is 6.57. The molecule has 1 aromatic heterocycles. The van der Waals surface area contributed by atoms with E-state index < -0.39 is 0 Å². The number of nitrogens with zero attached hydrogens (tertiary/aromatic N) is 1. The summed E-state index contributed by atoms with van der Waals surface area (Å²) in [5.74, 6) is 0.919. The molecule has 1 saturated carbocycles. The second-order valence-electron chi connectivity index (χ2n) is 5.44. The average molecular weight is 249 g/mol. The fourth-order valence-corrected chi connectivity index (χ4v) is 2.53. The molecule has 1 aromatic rings. The quantitative estimate of drug-likeness (QED) is 0.842. The van der Waals surface area contributed by atoms with Crippen LogP contribution in [0.2, 0.25) is 0 Å². The number of aromatic nitrogens is 1. The normalized spacial score (nSPS) is 25.3. The standard InChI is InChI=1S/C14H23N3O/c1-5-15-13-8-10(6-7-16-13)17-11-9-12(18-4)14(11,2)3/h6-8,11-12H,5,9H2,1-4H3,(H2,15,16,17). The molecule has 0 aliphatic heterocycles. The summed E-state index contributed by atoms with van der Waals surface area (Å²) >= 11 is 0. The van der Waals surface area contributed by atoms with E-state index in [0.29, 0.717) is 12.1 Å². The van der Waals surface area contributed by atoms with Gasteiger partial charge in [-0.25, -0.2) is 4.98 Å². The van der Waals surface area contributed by atoms with Crippen LogP contribution >= 0.6 is 0 Å². The summed E-state index contributed by atoms with van der Waals surface area (Å²) < 4.78 is 5.47. The number of hydrogen-bond acceptors (Lipinski definition) is 4. The van der Waals surface area contributed by atoms with Gasteiger partial charge in [0.25, 0.3) is 0 Å². The molecule has 0 saturated heterocycles. The maximum absolute atomic E-state index is 5.47. The highest BCUT2D eigenvalue weighted by atomic mass is 16.5. The highest BCUT2D eigenvalue weighted by Gasteiger charge is 2.48. The van der Waals surface area contributed by atoms with Crippen LogP contribution in [0.15, 0.2) is 18.3 Å². The summed E-state index contributed by atoms with van der Waals surface area (Å²) in [6, 6.07) is 4.52. The van der Waals surface area contributed by atoms with Gasteiger partial charge >= 0.3 is 0 Å². The zero-order valence-corrected chi connectivity index (χ0v) is 11.7. The second kappa shape index (κ2) is 5.14. The van der Waals surface area contributed by atoms with Gasteiger partial charge < -0.3 is 15.4 Å². The van der Waals surface area contributed by atoms with E-state index in [1.807, 2.05) is 12.3 Å². The van der Waals surface area contributed by atoms with Crippen molar-refractivity contribution in [2.75, 3.05) is 24.3 Å². The van der Waals surface area contributed by atoms with E-state index in [-0.39, 0.29) is 5.41 Å². The van der Waals surface area contributed by atoms with E-state index in [0.717, 1.165) is 24.5 Å². The van der Waals surface area contributed by atoms with Gasteiger partial charge in [-0.2, -0.15) is 0 Å². The van der Waals surface area contributed by atoms with Gasteiger partial charge in [-0.05, 0) is 19.4 Å². The summed E-state index contributed by atoms with van der Waals surface area (Å²) in [6.07, 6.45) is 3.24. The predicted octanol–water partition coefficient (Wildman–Crippen LogP) is 2.74. The Hall–Kier alpha value is -1.29. The summed E-state index contributed by atoms with van der Waals surface area (Å²) in [4.78, 5) is 4.27. The minimum Gasteiger partial charge on any atom is -0.381 e. The minimum absolute atomic E-state index is 0.177. The van der Waals surface area contributed by atoms with E-state index in [9.17, 15) is 0 Å². The van der Waals surface area contributed by atoms with Gasteiger partial charge in [-0.15, -0.1) is 0 Å². The van der Waals surface area contributed by atoms with E-state index >= 15 is 0 Å². The Kier molecular flexibility index (Phi) is 3.76. The maximum Gasteiger partial charge on any atom is 0.127 e. The van der Waals surface area contributed by atoms with Crippen molar-refractivity contribution in [3.63, 3.8) is 0 Å². The van der Waals surface area contributed by atoms with E-state index in [4.69, 9.17) is 4.74 Å². The van der Waals surface area contributed by atoms with E-state index in [1.165, 1.54) is 0 Å². The lowest BCUT2D eigenvalue weighted by molar-refractivity contribution is -0.0794. The van der Waals surface area contributed by atoms with Crippen LogP contribution in [0.4, 0.5) is 11.5 Å². The Morgan fingerprint density at radius 1 is 1.50 bits per heavy atom. The summed E-state index contributed by atoms with van der Waals surface area (Å²) in [5, 5.41) is 6.79. The molecule has 0 amide bonds. The minimum atomic E-state index is 0.177. The summed E-state index contributed by atoms with van der Waals surface area (Å²) in [7, 11) is 1.79. The maximum atomic E-state index is 5.47. The molecule has 0 aromatic carbocycles.